The van der Waals surface area contributed by atoms with Gasteiger partial charge in [0.15, 0.2) is 0 Å². The molecule has 1 heterocycles. The number of ether oxygens (including phenoxy) is 1. The minimum atomic E-state index is -0.0137. The van der Waals surface area contributed by atoms with E-state index in [9.17, 15) is 4.79 Å². The molecule has 0 aliphatic heterocycles. The molecule has 0 radical (unpaired) electrons. The number of benzene rings is 1. The maximum atomic E-state index is 11.3. The average molecular weight is 343 g/mol. The first kappa shape index (κ1) is 19.2. The number of aromatic nitrogens is 2. The van der Waals surface area contributed by atoms with Crippen LogP contribution in [-0.4, -0.2) is 35.2 Å². The molecular weight excluding hydrogens is 314 g/mol. The third-order valence-electron chi connectivity index (χ3n) is 4.09. The van der Waals surface area contributed by atoms with Crippen LogP contribution in [0.15, 0.2) is 36.4 Å². The monoisotopic (exact) mass is 343 g/mol. The number of hydrogen-bond donors (Lipinski definition) is 1. The van der Waals surface area contributed by atoms with Gasteiger partial charge in [0.25, 0.3) is 0 Å². The van der Waals surface area contributed by atoms with E-state index in [2.05, 4.69) is 28.1 Å². The number of carbonyl (C=O) groups is 1. The Morgan fingerprint density at radius 3 is 2.92 bits per heavy atom. The van der Waals surface area contributed by atoms with Crippen molar-refractivity contribution in [1.82, 2.24) is 14.9 Å². The minimum absolute atomic E-state index is 0.0137. The van der Waals surface area contributed by atoms with Crippen molar-refractivity contribution in [2.45, 2.75) is 46.1 Å². The summed E-state index contributed by atoms with van der Waals surface area (Å²) in [6.07, 6.45) is 7.39. The molecule has 0 fully saturated rings. The number of allylic oxidation sites excluding steroid dienone is 1. The second-order valence-corrected chi connectivity index (χ2v) is 5.97. The fraction of sp³-hybridized carbons (Fsp3) is 0.500. The Bertz CT molecular complexity index is 691. The van der Waals surface area contributed by atoms with Gasteiger partial charge in [0, 0.05) is 26.1 Å². The highest BCUT2D eigenvalue weighted by molar-refractivity contribution is 5.87. The molecule has 0 atom stereocenters. The molecule has 0 aliphatic carbocycles. The van der Waals surface area contributed by atoms with Gasteiger partial charge in [-0.3, -0.25) is 4.79 Å². The van der Waals surface area contributed by atoms with E-state index in [0.717, 1.165) is 56.7 Å². The Hall–Kier alpha value is -2.14. The van der Waals surface area contributed by atoms with Crippen molar-refractivity contribution in [3.05, 3.63) is 42.2 Å². The van der Waals surface area contributed by atoms with Crippen LogP contribution in [0.1, 0.15) is 38.9 Å². The lowest BCUT2D eigenvalue weighted by molar-refractivity contribution is -0.116. The van der Waals surface area contributed by atoms with E-state index in [0.29, 0.717) is 6.61 Å². The largest absolute Gasteiger partial charge is 0.380 e. The number of rotatable bonds is 11. The summed E-state index contributed by atoms with van der Waals surface area (Å²) in [7, 11) is 0. The molecule has 0 saturated carbocycles. The maximum Gasteiger partial charge on any atom is 0.243 e. The van der Waals surface area contributed by atoms with Gasteiger partial charge in [0.2, 0.25) is 5.91 Å². The smallest absolute Gasteiger partial charge is 0.243 e. The summed E-state index contributed by atoms with van der Waals surface area (Å²) in [4.78, 5) is 16.1. The zero-order chi connectivity index (χ0) is 17.9. The van der Waals surface area contributed by atoms with E-state index in [-0.39, 0.29) is 5.91 Å². The molecule has 1 aromatic heterocycles. The fourth-order valence-electron chi connectivity index (χ4n) is 2.87. The van der Waals surface area contributed by atoms with Gasteiger partial charge >= 0.3 is 0 Å². The van der Waals surface area contributed by atoms with Crippen LogP contribution >= 0.6 is 0 Å². The number of nitrogens with zero attached hydrogens (tertiary/aromatic N) is 2. The quantitative estimate of drug-likeness (QED) is 0.502. The van der Waals surface area contributed by atoms with E-state index in [1.807, 2.05) is 19.9 Å². The van der Waals surface area contributed by atoms with E-state index in [1.54, 1.807) is 12.2 Å². The summed E-state index contributed by atoms with van der Waals surface area (Å²) < 4.78 is 7.79. The molecule has 5 nitrogen and oxygen atoms in total. The lowest BCUT2D eigenvalue weighted by Gasteiger charge is -2.09. The molecule has 1 amide bonds. The number of amides is 1. The van der Waals surface area contributed by atoms with Crippen LogP contribution in [0, 0.1) is 0 Å². The van der Waals surface area contributed by atoms with Crippen molar-refractivity contribution < 1.29 is 9.53 Å². The highest BCUT2D eigenvalue weighted by Crippen LogP contribution is 2.17. The van der Waals surface area contributed by atoms with E-state index < -0.39 is 0 Å². The Balaban J connectivity index is 1.85. The first-order valence-electron chi connectivity index (χ1n) is 9.18. The van der Waals surface area contributed by atoms with Crippen LogP contribution in [0.4, 0.5) is 0 Å². The highest BCUT2D eigenvalue weighted by atomic mass is 16.5. The van der Waals surface area contributed by atoms with Gasteiger partial charge in [-0.1, -0.05) is 24.6 Å². The summed E-state index contributed by atoms with van der Waals surface area (Å²) in [6.45, 7) is 6.87. The van der Waals surface area contributed by atoms with E-state index in [4.69, 9.17) is 9.72 Å². The summed E-state index contributed by atoms with van der Waals surface area (Å²) in [5, 5.41) is 2.89. The third-order valence-corrected chi connectivity index (χ3v) is 4.09. The van der Waals surface area contributed by atoms with Crippen LogP contribution < -0.4 is 5.32 Å². The third kappa shape index (κ3) is 6.02. The predicted molar refractivity (Wildman–Crippen MR) is 102 cm³/mol. The first-order valence-corrected chi connectivity index (χ1v) is 9.18. The molecular formula is C20H29N3O2. The topological polar surface area (TPSA) is 56.2 Å². The number of unbranched alkanes of at least 4 members (excludes halogenated alkanes) is 2. The van der Waals surface area contributed by atoms with E-state index in [1.165, 1.54) is 5.52 Å². The molecule has 2 rings (SSSR count). The maximum absolute atomic E-state index is 11.3. The first-order chi connectivity index (χ1) is 12.3. The molecule has 1 N–H and O–H groups in total. The van der Waals surface area contributed by atoms with Gasteiger partial charge in [-0.2, -0.15) is 0 Å². The van der Waals surface area contributed by atoms with Crippen molar-refractivity contribution >= 4 is 16.9 Å². The van der Waals surface area contributed by atoms with Gasteiger partial charge in [0.1, 0.15) is 5.82 Å². The zero-order valence-electron chi connectivity index (χ0n) is 15.3. The van der Waals surface area contributed by atoms with Gasteiger partial charge in [-0.05, 0) is 44.9 Å². The van der Waals surface area contributed by atoms with Crippen molar-refractivity contribution in [3.63, 3.8) is 0 Å². The molecule has 25 heavy (non-hydrogen) atoms. The van der Waals surface area contributed by atoms with Gasteiger partial charge in [-0.15, -0.1) is 0 Å². The predicted octanol–water partition coefficient (Wildman–Crippen LogP) is 3.48. The van der Waals surface area contributed by atoms with Crippen LogP contribution in [0.5, 0.6) is 0 Å². The molecule has 5 heteroatoms. The summed E-state index contributed by atoms with van der Waals surface area (Å²) in [6, 6.07) is 8.26. The number of nitrogens with one attached hydrogen (secondary N) is 1. The molecule has 0 spiro atoms. The van der Waals surface area contributed by atoms with Gasteiger partial charge in [0.05, 0.1) is 17.6 Å². The van der Waals surface area contributed by atoms with E-state index >= 15 is 0 Å². The molecule has 0 bridgehead atoms. The van der Waals surface area contributed by atoms with Gasteiger partial charge in [-0.25, -0.2) is 4.98 Å². The highest BCUT2D eigenvalue weighted by Gasteiger charge is 2.09. The standard InChI is InChI=1S/C20H29N3O2/c1-3-10-20(24)21-14-9-5-6-13-19-22-17-11-7-8-12-18(17)23(19)15-16-25-4-2/h3,7-8,10-12H,4-6,9,13-16H2,1-2H3,(H,21,24)/b10-3+. The Morgan fingerprint density at radius 1 is 1.28 bits per heavy atom. The second-order valence-electron chi connectivity index (χ2n) is 5.97. The lowest BCUT2D eigenvalue weighted by Crippen LogP contribution is -2.22. The number of aryl methyl sites for hydroxylation is 1. The average Bonchev–Trinajstić information content (AvgIpc) is 2.96. The van der Waals surface area contributed by atoms with Crippen LogP contribution in [0.25, 0.3) is 11.0 Å². The normalized spacial score (nSPS) is 11.4. The fourth-order valence-corrected chi connectivity index (χ4v) is 2.87. The Kier molecular flexibility index (Phi) is 8.19. The summed E-state index contributed by atoms with van der Waals surface area (Å²) in [5.74, 6) is 1.11. The second kappa shape index (κ2) is 10.7. The van der Waals surface area contributed by atoms with Gasteiger partial charge < -0.3 is 14.6 Å². The number of carbonyl (C=O) groups excluding carboxylic acids is 1. The number of hydrogen-bond acceptors (Lipinski definition) is 3. The Labute approximate surface area is 150 Å². The van der Waals surface area contributed by atoms with Crippen molar-refractivity contribution in [3.8, 4) is 0 Å². The van der Waals surface area contributed by atoms with Crippen LogP contribution in [-0.2, 0) is 22.5 Å². The molecule has 136 valence electrons. The van der Waals surface area contributed by atoms with Crippen molar-refractivity contribution in [2.75, 3.05) is 19.8 Å². The minimum Gasteiger partial charge on any atom is -0.380 e. The molecule has 0 aliphatic rings. The zero-order valence-corrected chi connectivity index (χ0v) is 15.3. The number of fused-ring (bicyclic) bond motifs is 1. The lowest BCUT2D eigenvalue weighted by atomic mass is 10.2. The molecule has 1 aromatic carbocycles. The van der Waals surface area contributed by atoms with Crippen LogP contribution in [0.3, 0.4) is 0 Å². The molecule has 2 aromatic rings. The molecule has 0 saturated heterocycles. The number of imidazole rings is 1. The summed E-state index contributed by atoms with van der Waals surface area (Å²) in [5.41, 5.74) is 2.23. The SMILES string of the molecule is C/C=C/C(=O)NCCCCCc1nc2ccccc2n1CCOCC. The summed E-state index contributed by atoms with van der Waals surface area (Å²) >= 11 is 0. The van der Waals surface area contributed by atoms with Crippen LogP contribution in [0.2, 0.25) is 0 Å². The number of para-hydroxylation sites is 2. The van der Waals surface area contributed by atoms with Crippen molar-refractivity contribution in [2.24, 2.45) is 0 Å². The van der Waals surface area contributed by atoms with Crippen molar-refractivity contribution in [1.29, 1.82) is 0 Å². The molecule has 0 unspecified atom stereocenters. The Morgan fingerprint density at radius 2 is 2.12 bits per heavy atom.